The first-order chi connectivity index (χ1) is 9.12. The third kappa shape index (κ3) is 1.60. The Hall–Kier alpha value is -2.12. The molecule has 110 valence electrons. The molecule has 4 N–H and O–H groups in total. The number of carboxylic acids is 4. The lowest BCUT2D eigenvalue weighted by molar-refractivity contribution is -0.174. The van der Waals surface area contributed by atoms with Gasteiger partial charge in [-0.05, 0) is 17.8 Å². The monoisotopic (exact) mass is 286 g/mol. The second-order valence-corrected chi connectivity index (χ2v) is 5.73. The molecule has 2 bridgehead atoms. The molecule has 2 rings (SSSR count). The highest BCUT2D eigenvalue weighted by atomic mass is 16.4. The van der Waals surface area contributed by atoms with E-state index in [1.165, 1.54) is 6.92 Å². The smallest absolute Gasteiger partial charge is 0.307 e. The maximum Gasteiger partial charge on any atom is 0.307 e. The van der Waals surface area contributed by atoms with E-state index < -0.39 is 58.9 Å². The predicted octanol–water partition coefficient (Wildman–Crippen LogP) is -0.171. The summed E-state index contributed by atoms with van der Waals surface area (Å²) < 4.78 is 0. The molecule has 2 aliphatic carbocycles. The lowest BCUT2D eigenvalue weighted by Crippen LogP contribution is -2.51. The second-order valence-electron chi connectivity index (χ2n) is 5.73. The number of rotatable bonds is 4. The van der Waals surface area contributed by atoms with Gasteiger partial charge in [0.25, 0.3) is 0 Å². The molecule has 8 heteroatoms. The first-order valence-corrected chi connectivity index (χ1v) is 6.04. The Balaban J connectivity index is 2.57. The van der Waals surface area contributed by atoms with Gasteiger partial charge >= 0.3 is 23.9 Å². The summed E-state index contributed by atoms with van der Waals surface area (Å²) in [6.45, 7) is 1.36. The van der Waals surface area contributed by atoms with Crippen molar-refractivity contribution in [1.29, 1.82) is 0 Å². The van der Waals surface area contributed by atoms with Crippen LogP contribution in [0.5, 0.6) is 0 Å². The minimum Gasteiger partial charge on any atom is -0.481 e. The van der Waals surface area contributed by atoms with Gasteiger partial charge < -0.3 is 20.4 Å². The van der Waals surface area contributed by atoms with Gasteiger partial charge in [-0.3, -0.25) is 19.2 Å². The summed E-state index contributed by atoms with van der Waals surface area (Å²) in [5.74, 6) is -12.0. The van der Waals surface area contributed by atoms with Crippen LogP contribution < -0.4 is 0 Å². The summed E-state index contributed by atoms with van der Waals surface area (Å²) >= 11 is 0. The average molecular weight is 286 g/mol. The first kappa shape index (κ1) is 14.3. The van der Waals surface area contributed by atoms with Crippen molar-refractivity contribution >= 4 is 23.9 Å². The van der Waals surface area contributed by atoms with Gasteiger partial charge in [0, 0.05) is 0 Å². The SMILES string of the molecule is CC12CC(C(C(=O)O)C1C(=O)O)C(C(=O)O)C2C(=O)O. The number of hydrogen-bond donors (Lipinski definition) is 4. The summed E-state index contributed by atoms with van der Waals surface area (Å²) in [6.07, 6.45) is -0.0190. The lowest BCUT2D eigenvalue weighted by Gasteiger charge is -2.39. The van der Waals surface area contributed by atoms with E-state index in [0.29, 0.717) is 0 Å². The lowest BCUT2D eigenvalue weighted by atomic mass is 9.61. The highest BCUT2D eigenvalue weighted by Gasteiger charge is 2.72. The molecule has 4 atom stereocenters. The molecule has 20 heavy (non-hydrogen) atoms. The average Bonchev–Trinajstić information content (AvgIpc) is 2.74. The van der Waals surface area contributed by atoms with E-state index in [1.807, 2.05) is 0 Å². The number of carboxylic acid groups (broad SMARTS) is 4. The molecule has 0 aromatic rings. The number of carbonyl (C=O) groups is 4. The van der Waals surface area contributed by atoms with Crippen LogP contribution in [-0.2, 0) is 19.2 Å². The summed E-state index contributed by atoms with van der Waals surface area (Å²) in [5.41, 5.74) is -1.37. The number of fused-ring (bicyclic) bond motifs is 2. The number of hydrogen-bond acceptors (Lipinski definition) is 4. The second kappa shape index (κ2) is 4.19. The van der Waals surface area contributed by atoms with Crippen LogP contribution in [0.4, 0.5) is 0 Å². The highest BCUT2D eigenvalue weighted by Crippen LogP contribution is 2.66. The maximum atomic E-state index is 11.4. The van der Waals surface area contributed by atoms with Crippen molar-refractivity contribution in [3.63, 3.8) is 0 Å². The van der Waals surface area contributed by atoms with Crippen molar-refractivity contribution in [3.05, 3.63) is 0 Å². The van der Waals surface area contributed by atoms with Crippen LogP contribution >= 0.6 is 0 Å². The Bertz CT molecular complexity index is 470. The summed E-state index contributed by atoms with van der Waals surface area (Å²) in [4.78, 5) is 45.3. The van der Waals surface area contributed by atoms with Crippen molar-refractivity contribution in [1.82, 2.24) is 0 Å². The molecular formula is C12H14O8. The highest BCUT2D eigenvalue weighted by molar-refractivity contribution is 5.89. The van der Waals surface area contributed by atoms with Gasteiger partial charge in [0.2, 0.25) is 0 Å². The molecule has 0 heterocycles. The Morgan fingerprint density at radius 2 is 1.15 bits per heavy atom. The molecule has 4 unspecified atom stereocenters. The molecule has 0 radical (unpaired) electrons. The zero-order valence-electron chi connectivity index (χ0n) is 10.5. The Kier molecular flexibility index (Phi) is 2.99. The van der Waals surface area contributed by atoms with E-state index in [0.717, 1.165) is 0 Å². The van der Waals surface area contributed by atoms with Crippen LogP contribution in [0, 0.1) is 35.0 Å². The molecular weight excluding hydrogens is 272 g/mol. The van der Waals surface area contributed by atoms with E-state index in [9.17, 15) is 39.6 Å². The minimum atomic E-state index is -1.39. The van der Waals surface area contributed by atoms with Gasteiger partial charge in [-0.15, -0.1) is 0 Å². The molecule has 0 aliphatic heterocycles. The van der Waals surface area contributed by atoms with E-state index in [-0.39, 0.29) is 6.42 Å². The third-order valence-corrected chi connectivity index (χ3v) is 4.84. The van der Waals surface area contributed by atoms with Crippen LogP contribution in [0.25, 0.3) is 0 Å². The van der Waals surface area contributed by atoms with E-state index in [1.54, 1.807) is 0 Å². The predicted molar refractivity (Wildman–Crippen MR) is 60.7 cm³/mol. The zero-order valence-corrected chi connectivity index (χ0v) is 10.5. The fourth-order valence-corrected chi connectivity index (χ4v) is 4.27. The topological polar surface area (TPSA) is 149 Å². The van der Waals surface area contributed by atoms with Gasteiger partial charge in [0.15, 0.2) is 0 Å². The van der Waals surface area contributed by atoms with Crippen LogP contribution in [0.2, 0.25) is 0 Å². The van der Waals surface area contributed by atoms with E-state index >= 15 is 0 Å². The van der Waals surface area contributed by atoms with E-state index in [4.69, 9.17) is 0 Å². The van der Waals surface area contributed by atoms with Gasteiger partial charge in [0.05, 0.1) is 23.7 Å². The van der Waals surface area contributed by atoms with Gasteiger partial charge in [0.1, 0.15) is 0 Å². The van der Waals surface area contributed by atoms with Crippen LogP contribution in [0.3, 0.4) is 0 Å². The standard InChI is InChI=1S/C12H14O8/c1-12-2-3(4(8(13)14)6(12)10(17)18)5(9(15)16)7(12)11(19)20/h3-7H,2H2,1H3,(H,13,14)(H,15,16)(H,17,18)(H,19,20). The number of aliphatic carboxylic acids is 4. The molecule has 0 aromatic heterocycles. The van der Waals surface area contributed by atoms with Crippen LogP contribution in [-0.4, -0.2) is 44.3 Å². The first-order valence-electron chi connectivity index (χ1n) is 6.04. The van der Waals surface area contributed by atoms with Gasteiger partial charge in [-0.25, -0.2) is 0 Å². The zero-order chi connectivity index (χ0) is 15.4. The molecule has 2 aliphatic rings. The normalized spacial score (nSPS) is 42.4. The van der Waals surface area contributed by atoms with Crippen molar-refractivity contribution in [2.75, 3.05) is 0 Å². The molecule has 2 fully saturated rings. The van der Waals surface area contributed by atoms with Gasteiger partial charge in [-0.1, -0.05) is 6.92 Å². The fourth-order valence-electron chi connectivity index (χ4n) is 4.27. The van der Waals surface area contributed by atoms with Crippen LogP contribution in [0.1, 0.15) is 13.3 Å². The Morgan fingerprint density at radius 3 is 1.40 bits per heavy atom. The minimum absolute atomic E-state index is 0.0190. The summed E-state index contributed by atoms with van der Waals surface area (Å²) in [7, 11) is 0. The maximum absolute atomic E-state index is 11.4. The van der Waals surface area contributed by atoms with Crippen molar-refractivity contribution in [2.24, 2.45) is 35.0 Å². The molecule has 0 amide bonds. The molecule has 2 saturated carbocycles. The van der Waals surface area contributed by atoms with Gasteiger partial charge in [-0.2, -0.15) is 0 Å². The molecule has 0 saturated heterocycles. The summed E-state index contributed by atoms with van der Waals surface area (Å²) in [5, 5.41) is 36.9. The molecule has 0 spiro atoms. The summed E-state index contributed by atoms with van der Waals surface area (Å²) in [6, 6.07) is 0. The van der Waals surface area contributed by atoms with Crippen LogP contribution in [0.15, 0.2) is 0 Å². The molecule has 8 nitrogen and oxygen atoms in total. The third-order valence-electron chi connectivity index (χ3n) is 4.84. The van der Waals surface area contributed by atoms with Crippen molar-refractivity contribution in [2.45, 2.75) is 13.3 Å². The Labute approximate surface area is 113 Å². The van der Waals surface area contributed by atoms with Crippen molar-refractivity contribution in [3.8, 4) is 0 Å². The van der Waals surface area contributed by atoms with Crippen molar-refractivity contribution < 1.29 is 39.6 Å². The quantitative estimate of drug-likeness (QED) is 0.556. The largest absolute Gasteiger partial charge is 0.481 e. The fraction of sp³-hybridized carbons (Fsp3) is 0.667. The van der Waals surface area contributed by atoms with E-state index in [2.05, 4.69) is 0 Å². The molecule has 0 aromatic carbocycles. The Morgan fingerprint density at radius 1 is 0.800 bits per heavy atom.